The predicted octanol–water partition coefficient (Wildman–Crippen LogP) is 1.34. The lowest BCUT2D eigenvalue weighted by molar-refractivity contribution is 0.0209. The first kappa shape index (κ1) is 14.6. The van der Waals surface area contributed by atoms with Crippen molar-refractivity contribution in [3.05, 3.63) is 22.8 Å². The number of carboxylic acids is 1. The van der Waals surface area contributed by atoms with Gasteiger partial charge in [0.1, 0.15) is 5.82 Å². The highest BCUT2D eigenvalue weighted by Gasteiger charge is 2.29. The quantitative estimate of drug-likeness (QED) is 0.909. The molecule has 1 aromatic rings. The average molecular weight is 312 g/mol. The number of pyridine rings is 1. The maximum absolute atomic E-state index is 11.1. The van der Waals surface area contributed by atoms with Crippen LogP contribution in [0.5, 0.6) is 0 Å². The van der Waals surface area contributed by atoms with Crippen molar-refractivity contribution in [1.82, 2.24) is 9.88 Å². The van der Waals surface area contributed by atoms with Gasteiger partial charge in [-0.2, -0.15) is 0 Å². The van der Waals surface area contributed by atoms with E-state index in [1.54, 1.807) is 6.07 Å². The van der Waals surface area contributed by atoms with Gasteiger partial charge in [0.25, 0.3) is 0 Å². The lowest BCUT2D eigenvalue weighted by Crippen LogP contribution is -2.44. The molecule has 0 saturated carbocycles. The third-order valence-electron chi connectivity index (χ3n) is 4.12. The summed E-state index contributed by atoms with van der Waals surface area (Å²) in [5, 5.41) is 9.31. The molecular weight excluding hydrogens is 294 g/mol. The Kier molecular flexibility index (Phi) is 4.28. The van der Waals surface area contributed by atoms with Crippen LogP contribution in [0.25, 0.3) is 0 Å². The van der Waals surface area contributed by atoms with Crippen molar-refractivity contribution in [1.29, 1.82) is 0 Å². The molecule has 0 bridgehead atoms. The highest BCUT2D eigenvalue weighted by atomic mass is 35.5. The average Bonchev–Trinajstić information content (AvgIpc) is 2.98. The van der Waals surface area contributed by atoms with Gasteiger partial charge in [-0.05, 0) is 12.5 Å². The van der Waals surface area contributed by atoms with Crippen molar-refractivity contribution in [2.45, 2.75) is 12.5 Å². The standard InChI is InChI=1S/C14H18ClN3O3/c15-12-8-16-13(7-11(12)14(19)20)18-2-1-10(9-18)17-3-5-21-6-4-17/h7-8,10H,1-6,9H2,(H,19,20). The maximum atomic E-state index is 11.1. The molecule has 1 N–H and O–H groups in total. The van der Waals surface area contributed by atoms with E-state index in [4.69, 9.17) is 21.4 Å². The van der Waals surface area contributed by atoms with Crippen LogP contribution in [-0.4, -0.2) is 66.4 Å². The summed E-state index contributed by atoms with van der Waals surface area (Å²) in [5.41, 5.74) is 0.108. The summed E-state index contributed by atoms with van der Waals surface area (Å²) in [5.74, 6) is -0.333. The Balaban J connectivity index is 1.71. The molecule has 3 rings (SSSR count). The molecule has 0 aromatic carbocycles. The molecule has 2 aliphatic heterocycles. The number of hydrogen-bond donors (Lipinski definition) is 1. The summed E-state index contributed by atoms with van der Waals surface area (Å²) in [6.07, 6.45) is 2.48. The molecular formula is C14H18ClN3O3. The minimum atomic E-state index is -1.02. The van der Waals surface area contributed by atoms with E-state index in [0.29, 0.717) is 11.9 Å². The topological polar surface area (TPSA) is 65.9 Å². The van der Waals surface area contributed by atoms with E-state index in [2.05, 4.69) is 14.8 Å². The number of aromatic carboxylic acids is 1. The summed E-state index contributed by atoms with van der Waals surface area (Å²) < 4.78 is 5.38. The van der Waals surface area contributed by atoms with Crippen molar-refractivity contribution in [3.8, 4) is 0 Å². The largest absolute Gasteiger partial charge is 0.478 e. The Labute approximate surface area is 128 Å². The van der Waals surface area contributed by atoms with Crippen molar-refractivity contribution in [2.75, 3.05) is 44.3 Å². The molecule has 2 fully saturated rings. The zero-order valence-corrected chi connectivity index (χ0v) is 12.4. The molecule has 7 heteroatoms. The molecule has 2 saturated heterocycles. The fourth-order valence-electron chi connectivity index (χ4n) is 2.96. The normalized spacial score (nSPS) is 23.5. The van der Waals surface area contributed by atoms with Gasteiger partial charge in [0.15, 0.2) is 0 Å². The van der Waals surface area contributed by atoms with Crippen LogP contribution in [0.2, 0.25) is 5.02 Å². The van der Waals surface area contributed by atoms with Gasteiger partial charge in [0, 0.05) is 38.4 Å². The number of aromatic nitrogens is 1. The van der Waals surface area contributed by atoms with Crippen LogP contribution in [0, 0.1) is 0 Å². The van der Waals surface area contributed by atoms with Crippen LogP contribution in [0.3, 0.4) is 0 Å². The molecule has 2 aliphatic rings. The van der Waals surface area contributed by atoms with Crippen molar-refractivity contribution < 1.29 is 14.6 Å². The van der Waals surface area contributed by atoms with Gasteiger partial charge in [-0.25, -0.2) is 9.78 Å². The SMILES string of the molecule is O=C(O)c1cc(N2CCC(N3CCOCC3)C2)ncc1Cl. The van der Waals surface area contributed by atoms with Gasteiger partial charge < -0.3 is 14.7 Å². The van der Waals surface area contributed by atoms with E-state index in [9.17, 15) is 4.79 Å². The second kappa shape index (κ2) is 6.17. The van der Waals surface area contributed by atoms with Crippen LogP contribution in [-0.2, 0) is 4.74 Å². The number of nitrogens with zero attached hydrogens (tertiary/aromatic N) is 3. The molecule has 6 nitrogen and oxygen atoms in total. The fraction of sp³-hybridized carbons (Fsp3) is 0.571. The monoisotopic (exact) mass is 311 g/mol. The Bertz CT molecular complexity index is 534. The molecule has 21 heavy (non-hydrogen) atoms. The van der Waals surface area contributed by atoms with Gasteiger partial charge in [-0.1, -0.05) is 11.6 Å². The summed E-state index contributed by atoms with van der Waals surface area (Å²) in [6.45, 7) is 5.26. The number of carboxylic acid groups (broad SMARTS) is 1. The smallest absolute Gasteiger partial charge is 0.337 e. The first-order chi connectivity index (χ1) is 10.1. The number of ether oxygens (including phenoxy) is 1. The highest BCUT2D eigenvalue weighted by Crippen LogP contribution is 2.25. The van der Waals surface area contributed by atoms with Crippen LogP contribution in [0.4, 0.5) is 5.82 Å². The third-order valence-corrected chi connectivity index (χ3v) is 4.42. The van der Waals surface area contributed by atoms with E-state index in [1.807, 2.05) is 0 Å². The van der Waals surface area contributed by atoms with Crippen LogP contribution in [0.1, 0.15) is 16.8 Å². The second-order valence-electron chi connectivity index (χ2n) is 5.36. The predicted molar refractivity (Wildman–Crippen MR) is 79.2 cm³/mol. The summed E-state index contributed by atoms with van der Waals surface area (Å²) >= 11 is 5.86. The highest BCUT2D eigenvalue weighted by molar-refractivity contribution is 6.33. The summed E-state index contributed by atoms with van der Waals surface area (Å²) in [4.78, 5) is 20.0. The lowest BCUT2D eigenvalue weighted by atomic mass is 10.2. The Hall–Kier alpha value is -1.37. The number of anilines is 1. The van der Waals surface area contributed by atoms with Gasteiger partial charge in [-0.15, -0.1) is 0 Å². The fourth-order valence-corrected chi connectivity index (χ4v) is 3.14. The van der Waals surface area contributed by atoms with Crippen molar-refractivity contribution >= 4 is 23.4 Å². The van der Waals surface area contributed by atoms with E-state index in [0.717, 1.165) is 45.8 Å². The van der Waals surface area contributed by atoms with E-state index in [-0.39, 0.29) is 10.6 Å². The number of morpholine rings is 1. The van der Waals surface area contributed by atoms with Crippen LogP contribution < -0.4 is 4.90 Å². The number of carbonyl (C=O) groups is 1. The third kappa shape index (κ3) is 3.12. The minimum absolute atomic E-state index is 0.108. The maximum Gasteiger partial charge on any atom is 0.337 e. The molecule has 0 amide bonds. The molecule has 0 spiro atoms. The molecule has 3 heterocycles. The molecule has 0 radical (unpaired) electrons. The Morgan fingerprint density at radius 3 is 2.86 bits per heavy atom. The van der Waals surface area contributed by atoms with E-state index < -0.39 is 5.97 Å². The van der Waals surface area contributed by atoms with Gasteiger partial charge >= 0.3 is 5.97 Å². The number of halogens is 1. The zero-order valence-electron chi connectivity index (χ0n) is 11.7. The van der Waals surface area contributed by atoms with Crippen LogP contribution >= 0.6 is 11.6 Å². The second-order valence-corrected chi connectivity index (χ2v) is 5.77. The van der Waals surface area contributed by atoms with Crippen molar-refractivity contribution in [3.63, 3.8) is 0 Å². The Morgan fingerprint density at radius 1 is 1.38 bits per heavy atom. The first-order valence-electron chi connectivity index (χ1n) is 7.11. The molecule has 1 unspecified atom stereocenters. The van der Waals surface area contributed by atoms with Gasteiger partial charge in [0.05, 0.1) is 23.8 Å². The molecule has 114 valence electrons. The van der Waals surface area contributed by atoms with Crippen LogP contribution in [0.15, 0.2) is 12.3 Å². The zero-order chi connectivity index (χ0) is 14.8. The minimum Gasteiger partial charge on any atom is -0.478 e. The van der Waals surface area contributed by atoms with Crippen molar-refractivity contribution in [2.24, 2.45) is 0 Å². The first-order valence-corrected chi connectivity index (χ1v) is 7.48. The van der Waals surface area contributed by atoms with E-state index >= 15 is 0 Å². The lowest BCUT2D eigenvalue weighted by Gasteiger charge is -2.32. The molecule has 1 aromatic heterocycles. The van der Waals surface area contributed by atoms with E-state index in [1.165, 1.54) is 6.20 Å². The molecule has 1 atom stereocenters. The number of rotatable bonds is 3. The molecule has 0 aliphatic carbocycles. The van der Waals surface area contributed by atoms with Gasteiger partial charge in [0.2, 0.25) is 0 Å². The Morgan fingerprint density at radius 2 is 2.14 bits per heavy atom. The number of hydrogen-bond acceptors (Lipinski definition) is 5. The van der Waals surface area contributed by atoms with Gasteiger partial charge in [-0.3, -0.25) is 4.90 Å². The summed E-state index contributed by atoms with van der Waals surface area (Å²) in [6, 6.07) is 2.05. The summed E-state index contributed by atoms with van der Waals surface area (Å²) in [7, 11) is 0.